The van der Waals surface area contributed by atoms with Crippen LogP contribution in [0.25, 0.3) is 0 Å². The minimum Gasteiger partial charge on any atom is -0.272 e. The van der Waals surface area contributed by atoms with Gasteiger partial charge in [0.1, 0.15) is 0 Å². The molecule has 0 aliphatic rings. The monoisotopic (exact) mass is 386 g/mol. The zero-order valence-corrected chi connectivity index (χ0v) is 13.8. The van der Waals surface area contributed by atoms with Gasteiger partial charge < -0.3 is 0 Å². The molecule has 0 saturated heterocycles. The molecule has 2 aromatic rings. The van der Waals surface area contributed by atoms with Crippen LogP contribution < -0.4 is 11.3 Å². The van der Waals surface area contributed by atoms with Crippen molar-refractivity contribution in [2.24, 2.45) is 5.84 Å². The highest BCUT2D eigenvalue weighted by molar-refractivity contribution is 9.11. The second kappa shape index (κ2) is 6.65. The van der Waals surface area contributed by atoms with Gasteiger partial charge in [0.25, 0.3) is 0 Å². The average Bonchev–Trinajstić information content (AvgIpc) is 2.82. The molecule has 1 aromatic heterocycles. The fourth-order valence-corrected chi connectivity index (χ4v) is 3.26. The van der Waals surface area contributed by atoms with Crippen molar-refractivity contribution in [1.29, 1.82) is 0 Å². The number of hydrogen-bond donors (Lipinski definition) is 2. The molecular formula is C13H16Br2N4. The predicted molar refractivity (Wildman–Crippen MR) is 83.5 cm³/mol. The van der Waals surface area contributed by atoms with Crippen LogP contribution in [0.4, 0.5) is 0 Å². The Labute approximate surface area is 129 Å². The lowest BCUT2D eigenvalue weighted by Crippen LogP contribution is -2.28. The third-order valence-corrected chi connectivity index (χ3v) is 4.06. The van der Waals surface area contributed by atoms with E-state index in [4.69, 9.17) is 5.84 Å². The van der Waals surface area contributed by atoms with E-state index in [1.54, 1.807) is 0 Å². The highest BCUT2D eigenvalue weighted by Gasteiger charge is 2.17. The van der Waals surface area contributed by atoms with Crippen molar-refractivity contribution in [2.45, 2.75) is 25.9 Å². The number of aromatic nitrogens is 2. The van der Waals surface area contributed by atoms with Gasteiger partial charge in [0.2, 0.25) is 0 Å². The lowest BCUT2D eigenvalue weighted by atomic mass is 10.0. The number of nitrogens with one attached hydrogen (secondary N) is 1. The van der Waals surface area contributed by atoms with Gasteiger partial charge in [0.15, 0.2) is 0 Å². The summed E-state index contributed by atoms with van der Waals surface area (Å²) in [7, 11) is 0. The number of hydrogen-bond acceptors (Lipinski definition) is 3. The van der Waals surface area contributed by atoms with Crippen LogP contribution in [-0.2, 0) is 6.54 Å². The summed E-state index contributed by atoms with van der Waals surface area (Å²) in [5.74, 6) is 5.71. The topological polar surface area (TPSA) is 55.9 Å². The van der Waals surface area contributed by atoms with Crippen molar-refractivity contribution in [3.63, 3.8) is 0 Å². The van der Waals surface area contributed by atoms with E-state index in [2.05, 4.69) is 49.3 Å². The van der Waals surface area contributed by atoms with E-state index >= 15 is 0 Å². The lowest BCUT2D eigenvalue weighted by molar-refractivity contribution is 0.597. The number of halogens is 2. The summed E-state index contributed by atoms with van der Waals surface area (Å²) in [5.41, 5.74) is 4.99. The molecule has 0 radical (unpaired) electrons. The minimum absolute atomic E-state index is 0.0759. The lowest BCUT2D eigenvalue weighted by Gasteiger charge is -2.16. The van der Waals surface area contributed by atoms with Gasteiger partial charge in [-0.25, -0.2) is 5.43 Å². The van der Waals surface area contributed by atoms with Gasteiger partial charge in [-0.2, -0.15) is 5.10 Å². The molecule has 0 fully saturated rings. The molecule has 0 saturated carbocycles. The van der Waals surface area contributed by atoms with Gasteiger partial charge in [-0.1, -0.05) is 44.8 Å². The van der Waals surface area contributed by atoms with Gasteiger partial charge in [-0.05, 0) is 24.1 Å². The zero-order valence-electron chi connectivity index (χ0n) is 10.6. The minimum atomic E-state index is -0.0759. The Morgan fingerprint density at radius 3 is 2.84 bits per heavy atom. The van der Waals surface area contributed by atoms with E-state index in [0.717, 1.165) is 33.0 Å². The van der Waals surface area contributed by atoms with Crippen LogP contribution in [0, 0.1) is 0 Å². The third-order valence-electron chi connectivity index (χ3n) is 2.88. The smallest absolute Gasteiger partial charge is 0.0751 e. The first kappa shape index (κ1) is 14.7. The first-order valence-corrected chi connectivity index (χ1v) is 7.67. The van der Waals surface area contributed by atoms with E-state index in [1.165, 1.54) is 0 Å². The normalized spacial score (nSPS) is 12.6. The molecule has 19 heavy (non-hydrogen) atoms. The largest absolute Gasteiger partial charge is 0.272 e. The summed E-state index contributed by atoms with van der Waals surface area (Å²) in [6.45, 7) is 3.05. The van der Waals surface area contributed by atoms with E-state index in [9.17, 15) is 0 Å². The van der Waals surface area contributed by atoms with Crippen LogP contribution in [0.5, 0.6) is 0 Å². The van der Waals surface area contributed by atoms with Crippen LogP contribution in [0.2, 0.25) is 0 Å². The molecular weight excluding hydrogens is 372 g/mol. The van der Waals surface area contributed by atoms with Gasteiger partial charge >= 0.3 is 0 Å². The van der Waals surface area contributed by atoms with Crippen molar-refractivity contribution in [3.05, 3.63) is 50.7 Å². The van der Waals surface area contributed by atoms with Crippen LogP contribution in [-0.4, -0.2) is 9.78 Å². The predicted octanol–water partition coefficient (Wildman–Crippen LogP) is 3.37. The highest BCUT2D eigenvalue weighted by Crippen LogP contribution is 2.30. The molecule has 0 spiro atoms. The number of benzene rings is 1. The quantitative estimate of drug-likeness (QED) is 0.610. The van der Waals surface area contributed by atoms with Crippen LogP contribution in [0.1, 0.15) is 30.5 Å². The van der Waals surface area contributed by atoms with Gasteiger partial charge in [-0.15, -0.1) is 0 Å². The molecule has 102 valence electrons. The van der Waals surface area contributed by atoms with Crippen LogP contribution >= 0.6 is 31.9 Å². The van der Waals surface area contributed by atoms with Crippen molar-refractivity contribution >= 4 is 31.9 Å². The fourth-order valence-electron chi connectivity index (χ4n) is 1.98. The standard InChI is InChI=1S/C13H16Br2N4/c1-2-5-19-8-9(7-17-19)13(18-16)11-4-3-10(14)6-12(11)15/h3-4,6-8,13,18H,2,5,16H2,1H3. The summed E-state index contributed by atoms with van der Waals surface area (Å²) in [6, 6.07) is 5.97. The van der Waals surface area contributed by atoms with Crippen LogP contribution in [0.15, 0.2) is 39.5 Å². The highest BCUT2D eigenvalue weighted by atomic mass is 79.9. The average molecular weight is 388 g/mol. The Morgan fingerprint density at radius 2 is 2.21 bits per heavy atom. The van der Waals surface area contributed by atoms with E-state index in [1.807, 2.05) is 35.3 Å². The maximum Gasteiger partial charge on any atom is 0.0751 e. The second-order valence-corrected chi connectivity index (χ2v) is 6.07. The maximum absolute atomic E-state index is 5.71. The molecule has 0 aliphatic heterocycles. The molecule has 0 amide bonds. The molecule has 6 heteroatoms. The Bertz CT molecular complexity index is 553. The van der Waals surface area contributed by atoms with E-state index < -0.39 is 0 Å². The van der Waals surface area contributed by atoms with Crippen LogP contribution in [0.3, 0.4) is 0 Å². The third kappa shape index (κ3) is 3.45. The summed E-state index contributed by atoms with van der Waals surface area (Å²) in [4.78, 5) is 0. The summed E-state index contributed by atoms with van der Waals surface area (Å²) in [5, 5.41) is 4.34. The Balaban J connectivity index is 2.32. The molecule has 1 atom stereocenters. The number of aryl methyl sites for hydroxylation is 1. The second-order valence-electron chi connectivity index (χ2n) is 4.30. The summed E-state index contributed by atoms with van der Waals surface area (Å²) < 4.78 is 3.97. The zero-order chi connectivity index (χ0) is 13.8. The first-order valence-electron chi connectivity index (χ1n) is 6.09. The molecule has 3 N–H and O–H groups in total. The van der Waals surface area contributed by atoms with Crippen molar-refractivity contribution < 1.29 is 0 Å². The molecule has 0 aliphatic carbocycles. The molecule has 1 unspecified atom stereocenters. The molecule has 2 rings (SSSR count). The SMILES string of the molecule is CCCn1cc(C(NN)c2ccc(Br)cc2Br)cn1. The van der Waals surface area contributed by atoms with Gasteiger partial charge in [0, 0.05) is 27.3 Å². The van der Waals surface area contributed by atoms with E-state index in [0.29, 0.717) is 0 Å². The maximum atomic E-state index is 5.71. The Hall–Kier alpha value is -0.690. The fraction of sp³-hybridized carbons (Fsp3) is 0.308. The molecule has 0 bridgehead atoms. The Kier molecular flexibility index (Phi) is 5.15. The number of nitrogens with two attached hydrogens (primary N) is 1. The number of nitrogens with zero attached hydrogens (tertiary/aromatic N) is 2. The van der Waals surface area contributed by atoms with Crippen molar-refractivity contribution in [2.75, 3.05) is 0 Å². The number of rotatable bonds is 5. The molecule has 4 nitrogen and oxygen atoms in total. The molecule has 1 heterocycles. The Morgan fingerprint density at radius 1 is 1.42 bits per heavy atom. The first-order chi connectivity index (χ1) is 9.15. The van der Waals surface area contributed by atoms with Gasteiger partial charge in [-0.3, -0.25) is 10.5 Å². The van der Waals surface area contributed by atoms with Crippen molar-refractivity contribution in [3.8, 4) is 0 Å². The molecule has 1 aromatic carbocycles. The summed E-state index contributed by atoms with van der Waals surface area (Å²) >= 11 is 7.02. The van der Waals surface area contributed by atoms with E-state index in [-0.39, 0.29) is 6.04 Å². The van der Waals surface area contributed by atoms with Gasteiger partial charge in [0.05, 0.1) is 12.2 Å². The number of hydrazine groups is 1. The summed E-state index contributed by atoms with van der Waals surface area (Å²) in [6.07, 6.45) is 4.95. The van der Waals surface area contributed by atoms with Crippen molar-refractivity contribution in [1.82, 2.24) is 15.2 Å².